The first-order valence-electron chi connectivity index (χ1n) is 11.0. The van der Waals surface area contributed by atoms with Gasteiger partial charge in [-0.15, -0.1) is 0 Å². The van der Waals surface area contributed by atoms with Crippen LogP contribution in [0.25, 0.3) is 6.08 Å². The molecule has 0 atom stereocenters. The third-order valence-corrected chi connectivity index (χ3v) is 4.70. The monoisotopic (exact) mass is 466 g/mol. The smallest absolute Gasteiger partial charge is 0.343 e. The predicted molar refractivity (Wildman–Crippen MR) is 129 cm³/mol. The molecule has 7 nitrogen and oxygen atoms in total. The van der Waals surface area contributed by atoms with Gasteiger partial charge in [0, 0.05) is 17.2 Å². The number of methoxy groups -OCH3 is 1. The third kappa shape index (κ3) is 9.32. The molecule has 2 aromatic carbocycles. The summed E-state index contributed by atoms with van der Waals surface area (Å²) in [4.78, 5) is 35.1. The lowest BCUT2D eigenvalue weighted by molar-refractivity contribution is -0.139. The number of unbranched alkanes of at least 4 members (excludes halogenated alkanes) is 3. The summed E-state index contributed by atoms with van der Waals surface area (Å²) in [6.45, 7) is 6.12. The van der Waals surface area contributed by atoms with Crippen molar-refractivity contribution in [2.45, 2.75) is 32.6 Å². The maximum atomic E-state index is 12.5. The molecule has 0 aliphatic carbocycles. The largest absolute Gasteiger partial charge is 0.494 e. The number of benzene rings is 2. The van der Waals surface area contributed by atoms with Crippen LogP contribution in [0, 0.1) is 0 Å². The zero-order chi connectivity index (χ0) is 24.8. The summed E-state index contributed by atoms with van der Waals surface area (Å²) in [7, 11) is 1.29. The van der Waals surface area contributed by atoms with E-state index < -0.39 is 11.9 Å². The molecule has 0 spiro atoms. The molecule has 0 saturated carbocycles. The quantitative estimate of drug-likeness (QED) is 0.175. The Hall–Kier alpha value is -3.87. The van der Waals surface area contributed by atoms with E-state index in [-0.39, 0.29) is 5.97 Å². The second kappa shape index (κ2) is 14.3. The molecule has 0 unspecified atom stereocenters. The summed E-state index contributed by atoms with van der Waals surface area (Å²) < 4.78 is 20.8. The van der Waals surface area contributed by atoms with Crippen LogP contribution in [0.4, 0.5) is 0 Å². The van der Waals surface area contributed by atoms with Gasteiger partial charge < -0.3 is 18.9 Å². The van der Waals surface area contributed by atoms with Gasteiger partial charge in [-0.1, -0.05) is 24.8 Å². The van der Waals surface area contributed by atoms with Crippen LogP contribution in [0.15, 0.2) is 66.8 Å². The number of ether oxygens (including phenoxy) is 4. The van der Waals surface area contributed by atoms with E-state index in [9.17, 15) is 14.4 Å². The molecule has 34 heavy (non-hydrogen) atoms. The Morgan fingerprint density at radius 3 is 2.26 bits per heavy atom. The topological polar surface area (TPSA) is 88.1 Å². The Bertz CT molecular complexity index is 1010. The van der Waals surface area contributed by atoms with Crippen molar-refractivity contribution in [3.05, 3.63) is 77.9 Å². The minimum absolute atomic E-state index is 0.336. The van der Waals surface area contributed by atoms with Crippen LogP contribution in [-0.4, -0.2) is 38.2 Å². The Morgan fingerprint density at radius 2 is 1.59 bits per heavy atom. The Morgan fingerprint density at radius 1 is 0.912 bits per heavy atom. The van der Waals surface area contributed by atoms with Crippen molar-refractivity contribution in [3.8, 4) is 11.5 Å². The molecule has 0 aliphatic heterocycles. The molecule has 0 radical (unpaired) electrons. The van der Waals surface area contributed by atoms with Crippen molar-refractivity contribution in [1.82, 2.24) is 0 Å². The van der Waals surface area contributed by atoms with E-state index in [1.165, 1.54) is 19.3 Å². The zero-order valence-electron chi connectivity index (χ0n) is 19.6. The molecule has 0 bridgehead atoms. The van der Waals surface area contributed by atoms with E-state index >= 15 is 0 Å². The average molecular weight is 467 g/mol. The number of hydrogen-bond acceptors (Lipinski definition) is 7. The first-order chi connectivity index (χ1) is 16.4. The van der Waals surface area contributed by atoms with E-state index in [1.54, 1.807) is 55.5 Å². The molecule has 0 heterocycles. The van der Waals surface area contributed by atoms with Crippen LogP contribution in [-0.2, 0) is 19.1 Å². The minimum Gasteiger partial charge on any atom is -0.494 e. The van der Waals surface area contributed by atoms with Gasteiger partial charge in [0.1, 0.15) is 11.5 Å². The van der Waals surface area contributed by atoms with Gasteiger partial charge in [0.15, 0.2) is 0 Å². The molecule has 0 aromatic heterocycles. The van der Waals surface area contributed by atoms with Gasteiger partial charge in [-0.2, -0.15) is 0 Å². The molecule has 0 fully saturated rings. The standard InChI is InChI=1S/C27H30O7/c1-20(2)26(29)33-19-9-5-4-8-18-32-23-15-12-22(13-16-23)27(30)34-24-11-7-6-10-21(24)14-17-25(28)31-3/h6-7,10-17H,1,4-5,8-9,18-19H2,2-3H3. The molecule has 180 valence electrons. The van der Waals surface area contributed by atoms with Gasteiger partial charge in [0.25, 0.3) is 0 Å². The molecule has 0 amide bonds. The summed E-state index contributed by atoms with van der Waals surface area (Å²) in [5.41, 5.74) is 1.36. The second-order valence-electron chi connectivity index (χ2n) is 7.49. The molecular weight excluding hydrogens is 436 g/mol. The van der Waals surface area contributed by atoms with Crippen LogP contribution in [0.5, 0.6) is 11.5 Å². The molecule has 2 aromatic rings. The van der Waals surface area contributed by atoms with Crippen LogP contribution in [0.1, 0.15) is 48.5 Å². The van der Waals surface area contributed by atoms with Crippen molar-refractivity contribution in [2.75, 3.05) is 20.3 Å². The summed E-state index contributed by atoms with van der Waals surface area (Å²) in [6.07, 6.45) is 6.36. The molecular formula is C27H30O7. The van der Waals surface area contributed by atoms with Gasteiger partial charge in [-0.25, -0.2) is 14.4 Å². The molecule has 0 N–H and O–H groups in total. The Kier molecular flexibility index (Phi) is 11.1. The number of esters is 3. The fourth-order valence-corrected chi connectivity index (χ4v) is 2.82. The van der Waals surface area contributed by atoms with E-state index in [4.69, 9.17) is 14.2 Å². The van der Waals surface area contributed by atoms with Crippen molar-refractivity contribution in [3.63, 3.8) is 0 Å². The molecule has 2 rings (SSSR count). The first-order valence-corrected chi connectivity index (χ1v) is 11.0. The summed E-state index contributed by atoms with van der Waals surface area (Å²) in [5.74, 6) is -0.371. The first kappa shape index (κ1) is 26.4. The Labute approximate surface area is 200 Å². The van der Waals surface area contributed by atoms with Crippen LogP contribution >= 0.6 is 0 Å². The van der Waals surface area contributed by atoms with Gasteiger partial charge >= 0.3 is 17.9 Å². The van der Waals surface area contributed by atoms with Crippen LogP contribution < -0.4 is 9.47 Å². The van der Waals surface area contributed by atoms with Crippen molar-refractivity contribution < 1.29 is 33.3 Å². The number of carbonyl (C=O) groups excluding carboxylic acids is 3. The highest BCUT2D eigenvalue weighted by Gasteiger charge is 2.11. The zero-order valence-corrected chi connectivity index (χ0v) is 19.6. The van der Waals surface area contributed by atoms with Gasteiger partial charge in [0.2, 0.25) is 0 Å². The lowest BCUT2D eigenvalue weighted by Crippen LogP contribution is -2.09. The second-order valence-corrected chi connectivity index (χ2v) is 7.49. The van der Waals surface area contributed by atoms with Crippen LogP contribution in [0.2, 0.25) is 0 Å². The number of rotatable bonds is 13. The summed E-state index contributed by atoms with van der Waals surface area (Å²) >= 11 is 0. The Balaban J connectivity index is 1.75. The third-order valence-electron chi connectivity index (χ3n) is 4.70. The van der Waals surface area contributed by atoms with Gasteiger partial charge in [0.05, 0.1) is 25.9 Å². The maximum Gasteiger partial charge on any atom is 0.343 e. The van der Waals surface area contributed by atoms with Gasteiger partial charge in [-0.3, -0.25) is 0 Å². The number of hydrogen-bond donors (Lipinski definition) is 0. The fourth-order valence-electron chi connectivity index (χ4n) is 2.82. The highest BCUT2D eigenvalue weighted by Crippen LogP contribution is 2.22. The maximum absolute atomic E-state index is 12.5. The van der Waals surface area contributed by atoms with E-state index in [1.807, 2.05) is 0 Å². The number of carbonyl (C=O) groups is 3. The van der Waals surface area contributed by atoms with Crippen molar-refractivity contribution >= 4 is 24.0 Å². The SMILES string of the molecule is C=C(C)C(=O)OCCCCCCOc1ccc(C(=O)Oc2ccccc2C=CC(=O)OC)cc1. The fraction of sp³-hybridized carbons (Fsp3) is 0.296. The summed E-state index contributed by atoms with van der Waals surface area (Å²) in [6, 6.07) is 13.6. The van der Waals surface area contributed by atoms with Crippen LogP contribution in [0.3, 0.4) is 0 Å². The average Bonchev–Trinajstić information content (AvgIpc) is 2.84. The van der Waals surface area contributed by atoms with E-state index in [0.717, 1.165) is 25.7 Å². The van der Waals surface area contributed by atoms with E-state index in [2.05, 4.69) is 11.3 Å². The lowest BCUT2D eigenvalue weighted by atomic mass is 10.2. The highest BCUT2D eigenvalue weighted by molar-refractivity contribution is 5.92. The molecule has 7 heteroatoms. The molecule has 0 aliphatic rings. The highest BCUT2D eigenvalue weighted by atomic mass is 16.5. The normalized spacial score (nSPS) is 10.5. The number of para-hydroxylation sites is 1. The molecule has 0 saturated heterocycles. The summed E-state index contributed by atoms with van der Waals surface area (Å²) in [5, 5.41) is 0. The minimum atomic E-state index is -0.516. The predicted octanol–water partition coefficient (Wildman–Crippen LogP) is 5.15. The van der Waals surface area contributed by atoms with Crippen molar-refractivity contribution in [1.29, 1.82) is 0 Å². The van der Waals surface area contributed by atoms with Gasteiger partial charge in [-0.05, 0) is 69.0 Å². The van der Waals surface area contributed by atoms with Crippen molar-refractivity contribution in [2.24, 2.45) is 0 Å². The van der Waals surface area contributed by atoms with E-state index in [0.29, 0.717) is 41.4 Å². The lowest BCUT2D eigenvalue weighted by Gasteiger charge is -2.09.